The first-order valence-electron chi connectivity index (χ1n) is 7.22. The minimum Gasteiger partial charge on any atom is -0.504 e. The van der Waals surface area contributed by atoms with E-state index in [1.165, 1.54) is 0 Å². The molecule has 0 aliphatic carbocycles. The quantitative estimate of drug-likeness (QED) is 0.685. The first kappa shape index (κ1) is 16.8. The molecule has 0 aliphatic rings. The smallest absolute Gasteiger partial charge is 0.161 e. The molecule has 0 aliphatic heterocycles. The molecule has 1 rings (SSSR count). The molecule has 1 aromatic carbocycles. The van der Waals surface area contributed by atoms with Crippen molar-refractivity contribution in [1.29, 1.82) is 0 Å². The Morgan fingerprint density at radius 2 is 2.05 bits per heavy atom. The van der Waals surface area contributed by atoms with Crippen LogP contribution in [0.25, 0.3) is 0 Å². The third kappa shape index (κ3) is 5.80. The molecule has 0 saturated carbocycles. The van der Waals surface area contributed by atoms with Gasteiger partial charge >= 0.3 is 0 Å². The fourth-order valence-corrected chi connectivity index (χ4v) is 2.37. The predicted molar refractivity (Wildman–Crippen MR) is 81.1 cm³/mol. The Hall–Kier alpha value is -1.26. The van der Waals surface area contributed by atoms with Gasteiger partial charge in [-0.3, -0.25) is 0 Å². The van der Waals surface area contributed by atoms with Crippen molar-refractivity contribution >= 4 is 0 Å². The summed E-state index contributed by atoms with van der Waals surface area (Å²) in [6, 6.07) is 5.30. The second-order valence-corrected chi connectivity index (χ2v) is 5.93. The summed E-state index contributed by atoms with van der Waals surface area (Å²) in [4.78, 5) is 0. The second kappa shape index (κ2) is 7.50. The molecule has 4 nitrogen and oxygen atoms in total. The number of phenols is 1. The van der Waals surface area contributed by atoms with Crippen LogP contribution in [0.1, 0.15) is 39.7 Å². The molecule has 114 valence electrons. The fraction of sp³-hybridized carbons (Fsp3) is 0.625. The van der Waals surface area contributed by atoms with Crippen molar-refractivity contribution in [1.82, 2.24) is 5.32 Å². The third-order valence-electron chi connectivity index (χ3n) is 3.01. The Balaban J connectivity index is 2.51. The largest absolute Gasteiger partial charge is 0.504 e. The zero-order chi connectivity index (χ0) is 15.2. The average Bonchev–Trinajstić information content (AvgIpc) is 2.31. The molecule has 1 atom stereocenters. The number of benzene rings is 1. The Kier molecular flexibility index (Phi) is 6.30. The minimum absolute atomic E-state index is 0.155. The van der Waals surface area contributed by atoms with Crippen molar-refractivity contribution in [3.63, 3.8) is 0 Å². The number of phenolic OH excluding ortho intramolecular Hbond substituents is 1. The van der Waals surface area contributed by atoms with Crippen LogP contribution in [0.3, 0.4) is 0 Å². The van der Waals surface area contributed by atoms with E-state index in [2.05, 4.69) is 19.2 Å². The minimum atomic E-state index is -0.701. The molecular weight excluding hydrogens is 254 g/mol. The molecule has 0 bridgehead atoms. The molecule has 0 saturated heterocycles. The SMILES string of the molecule is CCOc1cc(CNCC(C)(O)CC(C)C)ccc1O. The normalized spacial score (nSPS) is 14.3. The van der Waals surface area contributed by atoms with E-state index in [0.717, 1.165) is 12.0 Å². The van der Waals surface area contributed by atoms with Crippen molar-refractivity contribution in [3.05, 3.63) is 23.8 Å². The van der Waals surface area contributed by atoms with Gasteiger partial charge in [0.05, 0.1) is 12.2 Å². The summed E-state index contributed by atoms with van der Waals surface area (Å²) in [7, 11) is 0. The lowest BCUT2D eigenvalue weighted by molar-refractivity contribution is 0.0383. The lowest BCUT2D eigenvalue weighted by Gasteiger charge is -2.25. The van der Waals surface area contributed by atoms with E-state index in [1.54, 1.807) is 6.07 Å². The number of nitrogens with one attached hydrogen (secondary N) is 1. The molecule has 0 aromatic heterocycles. The summed E-state index contributed by atoms with van der Waals surface area (Å²) in [5.74, 6) is 1.12. The topological polar surface area (TPSA) is 61.7 Å². The van der Waals surface area contributed by atoms with Gasteiger partial charge in [0.2, 0.25) is 0 Å². The van der Waals surface area contributed by atoms with E-state index < -0.39 is 5.60 Å². The monoisotopic (exact) mass is 281 g/mol. The van der Waals surface area contributed by atoms with Gasteiger partial charge in [0.15, 0.2) is 11.5 Å². The van der Waals surface area contributed by atoms with Crippen LogP contribution in [-0.4, -0.2) is 29.0 Å². The molecule has 20 heavy (non-hydrogen) atoms. The molecule has 0 amide bonds. The van der Waals surface area contributed by atoms with Crippen molar-refractivity contribution < 1.29 is 14.9 Å². The van der Waals surface area contributed by atoms with Crippen molar-refractivity contribution in [2.75, 3.05) is 13.2 Å². The number of rotatable bonds is 8. The predicted octanol–water partition coefficient (Wildman–Crippen LogP) is 2.68. The van der Waals surface area contributed by atoms with Gasteiger partial charge in [-0.25, -0.2) is 0 Å². The molecule has 3 N–H and O–H groups in total. The molecule has 0 radical (unpaired) electrons. The summed E-state index contributed by atoms with van der Waals surface area (Å²) >= 11 is 0. The summed E-state index contributed by atoms with van der Waals surface area (Å²) in [6.07, 6.45) is 0.764. The Labute approximate surface area is 121 Å². The molecule has 4 heteroatoms. The summed E-state index contributed by atoms with van der Waals surface area (Å²) < 4.78 is 5.35. The number of aromatic hydroxyl groups is 1. The van der Waals surface area contributed by atoms with E-state index in [4.69, 9.17) is 4.74 Å². The van der Waals surface area contributed by atoms with Crippen LogP contribution in [0.5, 0.6) is 11.5 Å². The number of hydrogen-bond donors (Lipinski definition) is 3. The van der Waals surface area contributed by atoms with E-state index in [1.807, 2.05) is 26.0 Å². The average molecular weight is 281 g/mol. The standard InChI is InChI=1S/C16H27NO3/c1-5-20-15-8-13(6-7-14(15)18)10-17-11-16(4,19)9-12(2)3/h6-8,12,17-19H,5,9-11H2,1-4H3. The molecular formula is C16H27NO3. The van der Waals surface area contributed by atoms with Gasteiger partial charge in [-0.1, -0.05) is 19.9 Å². The Bertz CT molecular complexity index is 416. The lowest BCUT2D eigenvalue weighted by atomic mass is 9.94. The number of hydrogen-bond acceptors (Lipinski definition) is 4. The third-order valence-corrected chi connectivity index (χ3v) is 3.01. The number of ether oxygens (including phenoxy) is 1. The van der Waals surface area contributed by atoms with Gasteiger partial charge in [0, 0.05) is 13.1 Å². The molecule has 0 heterocycles. The molecule has 0 spiro atoms. The van der Waals surface area contributed by atoms with Gasteiger partial charge in [0.25, 0.3) is 0 Å². The zero-order valence-corrected chi connectivity index (χ0v) is 12.9. The first-order valence-corrected chi connectivity index (χ1v) is 7.22. The molecule has 1 unspecified atom stereocenters. The van der Waals surface area contributed by atoms with Crippen molar-refractivity contribution in [3.8, 4) is 11.5 Å². The highest BCUT2D eigenvalue weighted by Gasteiger charge is 2.21. The number of aliphatic hydroxyl groups is 1. The molecule has 0 fully saturated rings. The van der Waals surface area contributed by atoms with Crippen LogP contribution in [0.15, 0.2) is 18.2 Å². The van der Waals surface area contributed by atoms with E-state index in [9.17, 15) is 10.2 Å². The zero-order valence-electron chi connectivity index (χ0n) is 12.9. The summed E-state index contributed by atoms with van der Waals surface area (Å²) in [5, 5.41) is 23.1. The van der Waals surface area contributed by atoms with Crippen molar-refractivity contribution in [2.45, 2.75) is 46.3 Å². The van der Waals surface area contributed by atoms with Gasteiger partial charge in [-0.2, -0.15) is 0 Å². The Morgan fingerprint density at radius 1 is 1.35 bits per heavy atom. The summed E-state index contributed by atoms with van der Waals surface area (Å²) in [5.41, 5.74) is 0.319. The second-order valence-electron chi connectivity index (χ2n) is 5.93. The molecule has 1 aromatic rings. The highest BCUT2D eigenvalue weighted by Crippen LogP contribution is 2.26. The summed E-state index contributed by atoms with van der Waals surface area (Å²) in [6.45, 7) is 9.62. The van der Waals surface area contributed by atoms with Crippen LogP contribution in [-0.2, 0) is 6.54 Å². The van der Waals surface area contributed by atoms with E-state index in [0.29, 0.717) is 31.4 Å². The van der Waals surface area contributed by atoms with E-state index in [-0.39, 0.29) is 5.75 Å². The van der Waals surface area contributed by atoms with E-state index >= 15 is 0 Å². The van der Waals surface area contributed by atoms with Gasteiger partial charge in [0.1, 0.15) is 0 Å². The van der Waals surface area contributed by atoms with Crippen LogP contribution >= 0.6 is 0 Å². The van der Waals surface area contributed by atoms with Gasteiger partial charge < -0.3 is 20.3 Å². The Morgan fingerprint density at radius 3 is 2.65 bits per heavy atom. The van der Waals surface area contributed by atoms with Gasteiger partial charge in [-0.05, 0) is 43.9 Å². The van der Waals surface area contributed by atoms with Crippen LogP contribution < -0.4 is 10.1 Å². The highest BCUT2D eigenvalue weighted by molar-refractivity contribution is 5.41. The first-order chi connectivity index (χ1) is 9.34. The lowest BCUT2D eigenvalue weighted by Crippen LogP contribution is -2.38. The van der Waals surface area contributed by atoms with Gasteiger partial charge in [-0.15, -0.1) is 0 Å². The van der Waals surface area contributed by atoms with Crippen LogP contribution in [0.4, 0.5) is 0 Å². The van der Waals surface area contributed by atoms with Crippen molar-refractivity contribution in [2.24, 2.45) is 5.92 Å². The maximum absolute atomic E-state index is 10.2. The maximum atomic E-state index is 10.2. The van der Waals surface area contributed by atoms with Crippen LogP contribution in [0.2, 0.25) is 0 Å². The maximum Gasteiger partial charge on any atom is 0.161 e. The highest BCUT2D eigenvalue weighted by atomic mass is 16.5. The fourth-order valence-electron chi connectivity index (χ4n) is 2.37. The van der Waals surface area contributed by atoms with Crippen LogP contribution in [0, 0.1) is 5.92 Å².